The van der Waals surface area contributed by atoms with Gasteiger partial charge in [-0.1, -0.05) is 36.4 Å². The molecule has 3 rings (SSSR count). The van der Waals surface area contributed by atoms with Gasteiger partial charge < -0.3 is 4.89 Å². The Labute approximate surface area is 109 Å². The van der Waals surface area contributed by atoms with Gasteiger partial charge in [-0.3, -0.25) is 9.59 Å². The van der Waals surface area contributed by atoms with Crippen LogP contribution in [-0.4, -0.2) is 18.7 Å². The first-order valence-electron chi connectivity index (χ1n) is 5.76. The smallest absolute Gasteiger partial charge is 0.198 e. The predicted molar refractivity (Wildman–Crippen MR) is 67.4 cm³/mol. The normalized spacial score (nSPS) is 12.9. The fourth-order valence-corrected chi connectivity index (χ4v) is 2.27. The number of carbonyl (C=O) groups excluding carboxylic acids is 2. The fraction of sp³-hybridized carbons (Fsp3) is 0.0667. The molecule has 0 aromatic heterocycles. The van der Waals surface area contributed by atoms with Gasteiger partial charge in [0.2, 0.25) is 0 Å². The minimum atomic E-state index is -0.224. The first-order chi connectivity index (χ1) is 9.24. The maximum atomic E-state index is 12.5. The van der Waals surface area contributed by atoms with Crippen molar-refractivity contribution in [3.05, 3.63) is 64.7 Å². The highest BCUT2D eigenvalue weighted by Crippen LogP contribution is 2.32. The lowest BCUT2D eigenvalue weighted by Gasteiger charge is -2.18. The SMILES string of the molecule is COOc1cccc2c1C(=O)c1ccccc1C2=O. The van der Waals surface area contributed by atoms with E-state index in [0.717, 1.165) is 0 Å². The summed E-state index contributed by atoms with van der Waals surface area (Å²) in [6.45, 7) is 0. The third-order valence-corrected chi connectivity index (χ3v) is 3.09. The molecule has 0 amide bonds. The third-order valence-electron chi connectivity index (χ3n) is 3.09. The molecule has 2 aromatic carbocycles. The monoisotopic (exact) mass is 254 g/mol. The zero-order valence-corrected chi connectivity index (χ0v) is 10.2. The van der Waals surface area contributed by atoms with Crippen molar-refractivity contribution >= 4 is 11.6 Å². The molecule has 0 aliphatic heterocycles. The van der Waals surface area contributed by atoms with Crippen LogP contribution in [0.25, 0.3) is 0 Å². The summed E-state index contributed by atoms with van der Waals surface area (Å²) in [6, 6.07) is 11.6. The van der Waals surface area contributed by atoms with Gasteiger partial charge >= 0.3 is 0 Å². The van der Waals surface area contributed by atoms with Crippen molar-refractivity contribution in [3.63, 3.8) is 0 Å². The average Bonchev–Trinajstić information content (AvgIpc) is 2.45. The van der Waals surface area contributed by atoms with E-state index in [1.165, 1.54) is 7.11 Å². The minimum absolute atomic E-state index is 0.174. The third kappa shape index (κ3) is 1.65. The molecule has 4 nitrogen and oxygen atoms in total. The van der Waals surface area contributed by atoms with Crippen molar-refractivity contribution in [2.75, 3.05) is 7.11 Å². The van der Waals surface area contributed by atoms with E-state index in [2.05, 4.69) is 4.89 Å². The van der Waals surface area contributed by atoms with E-state index in [1.807, 2.05) is 0 Å². The van der Waals surface area contributed by atoms with Crippen LogP contribution in [0.5, 0.6) is 5.75 Å². The van der Waals surface area contributed by atoms with Crippen molar-refractivity contribution in [2.24, 2.45) is 0 Å². The Balaban J connectivity index is 2.27. The molecule has 0 heterocycles. The Kier molecular flexibility index (Phi) is 2.65. The van der Waals surface area contributed by atoms with Crippen molar-refractivity contribution in [1.82, 2.24) is 0 Å². The Bertz CT molecular complexity index is 688. The number of ketones is 2. The molecule has 94 valence electrons. The second-order valence-corrected chi connectivity index (χ2v) is 4.13. The largest absolute Gasteiger partial charge is 0.337 e. The van der Waals surface area contributed by atoms with Crippen LogP contribution in [0.4, 0.5) is 0 Å². The molecular formula is C15H10O4. The maximum absolute atomic E-state index is 12.5. The first-order valence-corrected chi connectivity index (χ1v) is 5.76. The van der Waals surface area contributed by atoms with E-state index in [4.69, 9.17) is 4.89 Å². The summed E-state index contributed by atoms with van der Waals surface area (Å²) in [4.78, 5) is 34.4. The highest BCUT2D eigenvalue weighted by atomic mass is 17.2. The molecule has 0 saturated carbocycles. The number of hydrogen-bond donors (Lipinski definition) is 0. The lowest BCUT2D eigenvalue weighted by molar-refractivity contribution is -0.178. The average molecular weight is 254 g/mol. The van der Waals surface area contributed by atoms with Gasteiger partial charge in [-0.25, -0.2) is 0 Å². The first kappa shape index (κ1) is 11.6. The van der Waals surface area contributed by atoms with E-state index in [1.54, 1.807) is 42.5 Å². The Hall–Kier alpha value is -2.46. The number of carbonyl (C=O) groups is 2. The molecule has 0 bridgehead atoms. The summed E-state index contributed by atoms with van der Waals surface area (Å²) >= 11 is 0. The van der Waals surface area contributed by atoms with Crippen molar-refractivity contribution < 1.29 is 19.4 Å². The van der Waals surface area contributed by atoms with E-state index in [0.29, 0.717) is 16.7 Å². The van der Waals surface area contributed by atoms with Gasteiger partial charge in [-0.2, -0.15) is 4.89 Å². The molecule has 0 N–H and O–H groups in total. The quantitative estimate of drug-likeness (QED) is 0.520. The zero-order valence-electron chi connectivity index (χ0n) is 10.2. The van der Waals surface area contributed by atoms with Gasteiger partial charge in [0.25, 0.3) is 0 Å². The summed E-state index contributed by atoms with van der Waals surface area (Å²) in [5.41, 5.74) is 1.42. The molecule has 2 aromatic rings. The van der Waals surface area contributed by atoms with Gasteiger partial charge in [0.1, 0.15) is 0 Å². The van der Waals surface area contributed by atoms with Crippen LogP contribution in [0.3, 0.4) is 0 Å². The second-order valence-electron chi connectivity index (χ2n) is 4.13. The number of rotatable bonds is 2. The number of fused-ring (bicyclic) bond motifs is 2. The summed E-state index contributed by atoms with van der Waals surface area (Å²) in [7, 11) is 1.35. The standard InChI is InChI=1S/C15H10O4/c1-18-19-12-8-4-7-11-13(12)15(17)10-6-3-2-5-9(10)14(11)16/h2-8H,1H3. The van der Waals surface area contributed by atoms with Crippen molar-refractivity contribution in [1.29, 1.82) is 0 Å². The molecule has 4 heteroatoms. The summed E-state index contributed by atoms with van der Waals surface area (Å²) in [5.74, 6) is -0.141. The van der Waals surface area contributed by atoms with Gasteiger partial charge in [-0.15, -0.1) is 0 Å². The van der Waals surface area contributed by atoms with Crippen LogP contribution in [-0.2, 0) is 4.89 Å². The number of benzene rings is 2. The van der Waals surface area contributed by atoms with Crippen LogP contribution in [0.15, 0.2) is 42.5 Å². The van der Waals surface area contributed by atoms with E-state index in [-0.39, 0.29) is 22.9 Å². The molecule has 1 aliphatic rings. The lowest BCUT2D eigenvalue weighted by atomic mass is 9.84. The fourth-order valence-electron chi connectivity index (χ4n) is 2.27. The molecule has 19 heavy (non-hydrogen) atoms. The van der Waals surface area contributed by atoms with E-state index >= 15 is 0 Å². The predicted octanol–water partition coefficient (Wildman–Crippen LogP) is 2.40. The van der Waals surface area contributed by atoms with E-state index in [9.17, 15) is 9.59 Å². The molecule has 1 aliphatic carbocycles. The van der Waals surface area contributed by atoms with Gasteiger partial charge in [-0.05, 0) is 6.07 Å². The Morgan fingerprint density at radius 3 is 2.11 bits per heavy atom. The van der Waals surface area contributed by atoms with Gasteiger partial charge in [0, 0.05) is 16.7 Å². The van der Waals surface area contributed by atoms with Crippen molar-refractivity contribution in [3.8, 4) is 5.75 Å². The molecule has 0 atom stereocenters. The molecule has 0 unspecified atom stereocenters. The van der Waals surface area contributed by atoms with Crippen molar-refractivity contribution in [2.45, 2.75) is 0 Å². The summed E-state index contributed by atoms with van der Waals surface area (Å²) in [5, 5.41) is 0. The minimum Gasteiger partial charge on any atom is -0.337 e. The van der Waals surface area contributed by atoms with Crippen LogP contribution in [0.1, 0.15) is 31.8 Å². The molecule has 0 saturated heterocycles. The Morgan fingerprint density at radius 1 is 0.789 bits per heavy atom. The van der Waals surface area contributed by atoms with Crippen LogP contribution in [0.2, 0.25) is 0 Å². The van der Waals surface area contributed by atoms with Gasteiger partial charge in [0.05, 0.1) is 12.7 Å². The maximum Gasteiger partial charge on any atom is 0.198 e. The van der Waals surface area contributed by atoms with Crippen LogP contribution >= 0.6 is 0 Å². The second kappa shape index (κ2) is 4.33. The molecular weight excluding hydrogens is 244 g/mol. The van der Waals surface area contributed by atoms with Crippen LogP contribution in [0, 0.1) is 0 Å². The number of hydrogen-bond acceptors (Lipinski definition) is 4. The summed E-state index contributed by atoms with van der Waals surface area (Å²) in [6.07, 6.45) is 0. The topological polar surface area (TPSA) is 52.6 Å². The molecule has 0 radical (unpaired) electrons. The van der Waals surface area contributed by atoms with Crippen LogP contribution < -0.4 is 4.89 Å². The zero-order chi connectivity index (χ0) is 13.4. The summed E-state index contributed by atoms with van der Waals surface area (Å²) < 4.78 is 0. The Morgan fingerprint density at radius 2 is 1.42 bits per heavy atom. The molecule has 0 spiro atoms. The highest BCUT2D eigenvalue weighted by Gasteiger charge is 2.32. The molecule has 0 fully saturated rings. The highest BCUT2D eigenvalue weighted by molar-refractivity contribution is 6.29. The van der Waals surface area contributed by atoms with E-state index < -0.39 is 0 Å². The van der Waals surface area contributed by atoms with Gasteiger partial charge in [0.15, 0.2) is 17.3 Å². The lowest BCUT2D eigenvalue weighted by Crippen LogP contribution is -2.21.